The van der Waals surface area contributed by atoms with Crippen molar-refractivity contribution in [2.24, 2.45) is 5.73 Å². The molecular formula is C10H17N3O. The summed E-state index contributed by atoms with van der Waals surface area (Å²) < 4.78 is 5.64. The number of aromatic nitrogens is 2. The van der Waals surface area contributed by atoms with Gasteiger partial charge in [0.25, 0.3) is 0 Å². The molecule has 0 fully saturated rings. The van der Waals surface area contributed by atoms with Crippen LogP contribution in [0.2, 0.25) is 0 Å². The molecule has 0 aliphatic rings. The van der Waals surface area contributed by atoms with Crippen molar-refractivity contribution < 1.29 is 4.74 Å². The van der Waals surface area contributed by atoms with Crippen LogP contribution in [0.1, 0.15) is 32.9 Å². The van der Waals surface area contributed by atoms with Crippen LogP contribution in [0.4, 0.5) is 0 Å². The highest BCUT2D eigenvalue weighted by Crippen LogP contribution is 2.17. The van der Waals surface area contributed by atoms with E-state index in [-0.39, 0.29) is 5.60 Å². The van der Waals surface area contributed by atoms with Crippen molar-refractivity contribution in [2.45, 2.75) is 39.3 Å². The van der Waals surface area contributed by atoms with Crippen LogP contribution in [0.5, 0.6) is 5.88 Å². The van der Waals surface area contributed by atoms with Crippen LogP contribution in [-0.4, -0.2) is 15.6 Å². The molecule has 1 heterocycles. The molecule has 0 unspecified atom stereocenters. The van der Waals surface area contributed by atoms with E-state index in [0.717, 1.165) is 12.1 Å². The minimum absolute atomic E-state index is 0.196. The molecule has 78 valence electrons. The molecule has 1 aromatic heterocycles. The number of hydrogen-bond acceptors (Lipinski definition) is 4. The lowest BCUT2D eigenvalue weighted by atomic mass is 10.1. The maximum Gasteiger partial charge on any atom is 0.232 e. The summed E-state index contributed by atoms with van der Waals surface area (Å²) in [4.78, 5) is 8.22. The molecule has 4 heteroatoms. The Balaban J connectivity index is 2.69. The summed E-state index contributed by atoms with van der Waals surface area (Å²) in [5, 5.41) is 0. The van der Waals surface area contributed by atoms with Crippen LogP contribution in [0.3, 0.4) is 0 Å². The van der Waals surface area contributed by atoms with Gasteiger partial charge in [0.05, 0.1) is 18.1 Å². The maximum atomic E-state index is 5.64. The van der Waals surface area contributed by atoms with Gasteiger partial charge in [-0.25, -0.2) is 4.98 Å². The van der Waals surface area contributed by atoms with Gasteiger partial charge in [-0.15, -0.1) is 0 Å². The van der Waals surface area contributed by atoms with Gasteiger partial charge in [0.2, 0.25) is 5.88 Å². The van der Waals surface area contributed by atoms with Crippen molar-refractivity contribution >= 4 is 0 Å². The average molecular weight is 195 g/mol. The third kappa shape index (κ3) is 2.96. The highest BCUT2D eigenvalue weighted by Gasteiger charge is 2.17. The van der Waals surface area contributed by atoms with E-state index in [0.29, 0.717) is 12.4 Å². The zero-order chi connectivity index (χ0) is 10.6. The molecule has 0 saturated heterocycles. The fraction of sp³-hybridized carbons (Fsp3) is 0.600. The first-order valence-corrected chi connectivity index (χ1v) is 4.77. The van der Waals surface area contributed by atoms with Gasteiger partial charge < -0.3 is 10.5 Å². The second-order valence-corrected chi connectivity index (χ2v) is 3.77. The van der Waals surface area contributed by atoms with E-state index in [2.05, 4.69) is 16.9 Å². The Morgan fingerprint density at radius 3 is 2.50 bits per heavy atom. The zero-order valence-electron chi connectivity index (χ0n) is 8.95. The summed E-state index contributed by atoms with van der Waals surface area (Å²) >= 11 is 0. The van der Waals surface area contributed by atoms with Crippen LogP contribution in [0.25, 0.3) is 0 Å². The molecule has 0 amide bonds. The molecule has 0 spiro atoms. The van der Waals surface area contributed by atoms with Crippen LogP contribution in [0.15, 0.2) is 12.4 Å². The van der Waals surface area contributed by atoms with Crippen molar-refractivity contribution in [1.29, 1.82) is 0 Å². The molecule has 2 N–H and O–H groups in total. The molecule has 0 bridgehead atoms. The third-order valence-electron chi connectivity index (χ3n) is 2.12. The smallest absolute Gasteiger partial charge is 0.232 e. The fourth-order valence-corrected chi connectivity index (χ4v) is 0.856. The number of hydrogen-bond donors (Lipinski definition) is 1. The number of nitrogens with zero attached hydrogens (tertiary/aromatic N) is 2. The highest BCUT2D eigenvalue weighted by atomic mass is 16.5. The van der Waals surface area contributed by atoms with Gasteiger partial charge in [-0.1, -0.05) is 6.92 Å². The summed E-state index contributed by atoms with van der Waals surface area (Å²) in [5.74, 6) is 0.550. The van der Waals surface area contributed by atoms with E-state index in [1.54, 1.807) is 12.4 Å². The van der Waals surface area contributed by atoms with Crippen LogP contribution in [0, 0.1) is 0 Å². The summed E-state index contributed by atoms with van der Waals surface area (Å²) in [6.07, 6.45) is 4.17. The largest absolute Gasteiger partial charge is 0.471 e. The quantitative estimate of drug-likeness (QED) is 0.791. The molecule has 0 atom stereocenters. The first-order valence-electron chi connectivity index (χ1n) is 4.77. The van der Waals surface area contributed by atoms with E-state index in [9.17, 15) is 0 Å². The van der Waals surface area contributed by atoms with Crippen molar-refractivity contribution in [3.05, 3.63) is 18.1 Å². The average Bonchev–Trinajstić information content (AvgIpc) is 2.19. The SMILES string of the molecule is CCC(C)(C)Oc1cnc(CN)cn1. The number of rotatable bonds is 4. The van der Waals surface area contributed by atoms with Gasteiger partial charge in [0, 0.05) is 6.54 Å². The Bertz CT molecular complexity index is 282. The standard InChI is InChI=1S/C10H17N3O/c1-4-10(2,3)14-9-7-12-8(5-11)6-13-9/h6-7H,4-5,11H2,1-3H3. The van der Waals surface area contributed by atoms with Crippen LogP contribution in [-0.2, 0) is 6.54 Å². The predicted octanol–water partition coefficient (Wildman–Crippen LogP) is 1.50. The zero-order valence-corrected chi connectivity index (χ0v) is 8.95. The summed E-state index contributed by atoms with van der Waals surface area (Å²) in [6.45, 7) is 6.52. The summed E-state index contributed by atoms with van der Waals surface area (Å²) in [7, 11) is 0. The normalized spacial score (nSPS) is 11.4. The minimum Gasteiger partial charge on any atom is -0.471 e. The third-order valence-corrected chi connectivity index (χ3v) is 2.12. The molecule has 1 rings (SSSR count). The molecular weight excluding hydrogens is 178 g/mol. The van der Waals surface area contributed by atoms with E-state index in [4.69, 9.17) is 10.5 Å². The fourth-order valence-electron chi connectivity index (χ4n) is 0.856. The van der Waals surface area contributed by atoms with Crippen molar-refractivity contribution in [3.8, 4) is 5.88 Å². The Kier molecular flexibility index (Phi) is 3.41. The van der Waals surface area contributed by atoms with E-state index in [1.807, 2.05) is 13.8 Å². The molecule has 0 saturated carbocycles. The Morgan fingerprint density at radius 1 is 1.36 bits per heavy atom. The predicted molar refractivity (Wildman–Crippen MR) is 54.9 cm³/mol. The van der Waals surface area contributed by atoms with Gasteiger partial charge in [-0.3, -0.25) is 4.98 Å². The Labute approximate surface area is 84.5 Å². The first-order chi connectivity index (χ1) is 6.57. The molecule has 0 aromatic carbocycles. The van der Waals surface area contributed by atoms with Crippen molar-refractivity contribution in [1.82, 2.24) is 9.97 Å². The molecule has 0 radical (unpaired) electrons. The molecule has 4 nitrogen and oxygen atoms in total. The lowest BCUT2D eigenvalue weighted by molar-refractivity contribution is 0.0983. The van der Waals surface area contributed by atoms with Gasteiger partial charge >= 0.3 is 0 Å². The molecule has 0 aliphatic heterocycles. The summed E-state index contributed by atoms with van der Waals surface area (Å²) in [5.41, 5.74) is 5.98. The highest BCUT2D eigenvalue weighted by molar-refractivity contribution is 5.08. The lowest BCUT2D eigenvalue weighted by Crippen LogP contribution is -2.27. The van der Waals surface area contributed by atoms with Crippen LogP contribution >= 0.6 is 0 Å². The Morgan fingerprint density at radius 2 is 2.07 bits per heavy atom. The minimum atomic E-state index is -0.196. The van der Waals surface area contributed by atoms with E-state index >= 15 is 0 Å². The molecule has 14 heavy (non-hydrogen) atoms. The topological polar surface area (TPSA) is 61.0 Å². The van der Waals surface area contributed by atoms with E-state index in [1.165, 1.54) is 0 Å². The number of nitrogens with two attached hydrogens (primary N) is 1. The van der Waals surface area contributed by atoms with Crippen molar-refractivity contribution in [3.63, 3.8) is 0 Å². The van der Waals surface area contributed by atoms with Gasteiger partial charge in [0.15, 0.2) is 0 Å². The van der Waals surface area contributed by atoms with Gasteiger partial charge in [-0.05, 0) is 20.3 Å². The van der Waals surface area contributed by atoms with Gasteiger partial charge in [-0.2, -0.15) is 0 Å². The maximum absolute atomic E-state index is 5.64. The summed E-state index contributed by atoms with van der Waals surface area (Å²) in [6, 6.07) is 0. The van der Waals surface area contributed by atoms with Crippen LogP contribution < -0.4 is 10.5 Å². The molecule has 0 aliphatic carbocycles. The van der Waals surface area contributed by atoms with E-state index < -0.39 is 0 Å². The molecule has 1 aromatic rings. The second kappa shape index (κ2) is 4.37. The second-order valence-electron chi connectivity index (χ2n) is 3.77. The first kappa shape index (κ1) is 10.9. The van der Waals surface area contributed by atoms with Crippen molar-refractivity contribution in [2.75, 3.05) is 0 Å². The number of ether oxygens (including phenoxy) is 1. The monoisotopic (exact) mass is 195 g/mol. The Hall–Kier alpha value is -1.16. The van der Waals surface area contributed by atoms with Gasteiger partial charge in [0.1, 0.15) is 5.60 Å². The lowest BCUT2D eigenvalue weighted by Gasteiger charge is -2.23.